The highest BCUT2D eigenvalue weighted by molar-refractivity contribution is 5.28. The van der Waals surface area contributed by atoms with Crippen molar-refractivity contribution >= 4 is 0 Å². The van der Waals surface area contributed by atoms with Crippen molar-refractivity contribution in [2.24, 2.45) is 0 Å². The standard InChI is InChI=1S/C15H27N3O/c1-5-8-16-14(6-2)15-11(3)17-18(12(15)4)13-7-9-19-10-13/h13-14,16H,5-10H2,1-4H3. The summed E-state index contributed by atoms with van der Waals surface area (Å²) < 4.78 is 7.68. The fraction of sp³-hybridized carbons (Fsp3) is 0.800. The third-order valence-electron chi connectivity index (χ3n) is 4.03. The number of hydrogen-bond acceptors (Lipinski definition) is 3. The van der Waals surface area contributed by atoms with E-state index in [2.05, 4.69) is 37.7 Å². The highest BCUT2D eigenvalue weighted by Gasteiger charge is 2.25. The fourth-order valence-corrected chi connectivity index (χ4v) is 3.02. The van der Waals surface area contributed by atoms with Crippen LogP contribution in [0.15, 0.2) is 0 Å². The van der Waals surface area contributed by atoms with Crippen LogP contribution in [0, 0.1) is 13.8 Å². The number of aryl methyl sites for hydroxylation is 1. The van der Waals surface area contributed by atoms with Gasteiger partial charge in [0.05, 0.1) is 18.3 Å². The molecule has 2 rings (SSSR count). The second-order valence-electron chi connectivity index (χ2n) is 5.46. The Labute approximate surface area is 116 Å². The van der Waals surface area contributed by atoms with Gasteiger partial charge in [0.25, 0.3) is 0 Å². The zero-order valence-electron chi connectivity index (χ0n) is 12.7. The minimum atomic E-state index is 0.427. The Morgan fingerprint density at radius 2 is 2.21 bits per heavy atom. The molecule has 1 aromatic rings. The summed E-state index contributed by atoms with van der Waals surface area (Å²) in [5, 5.41) is 8.40. The summed E-state index contributed by atoms with van der Waals surface area (Å²) in [5.74, 6) is 0. The molecule has 19 heavy (non-hydrogen) atoms. The number of hydrogen-bond donors (Lipinski definition) is 1. The molecule has 1 N–H and O–H groups in total. The Hall–Kier alpha value is -0.870. The van der Waals surface area contributed by atoms with Gasteiger partial charge in [0, 0.05) is 23.9 Å². The largest absolute Gasteiger partial charge is 0.379 e. The van der Waals surface area contributed by atoms with Gasteiger partial charge in [0.2, 0.25) is 0 Å². The number of nitrogens with one attached hydrogen (secondary N) is 1. The van der Waals surface area contributed by atoms with Crippen molar-refractivity contribution in [3.05, 3.63) is 17.0 Å². The molecule has 0 bridgehead atoms. The van der Waals surface area contributed by atoms with Crippen LogP contribution in [0.2, 0.25) is 0 Å². The van der Waals surface area contributed by atoms with Crippen molar-refractivity contribution < 1.29 is 4.74 Å². The lowest BCUT2D eigenvalue weighted by molar-refractivity contribution is 0.184. The van der Waals surface area contributed by atoms with E-state index >= 15 is 0 Å². The first-order chi connectivity index (χ1) is 9.19. The lowest BCUT2D eigenvalue weighted by Crippen LogP contribution is -2.22. The van der Waals surface area contributed by atoms with Crippen LogP contribution in [0.25, 0.3) is 0 Å². The molecular weight excluding hydrogens is 238 g/mol. The summed E-state index contributed by atoms with van der Waals surface area (Å²) in [6.45, 7) is 11.5. The molecule has 1 fully saturated rings. The lowest BCUT2D eigenvalue weighted by atomic mass is 10.0. The van der Waals surface area contributed by atoms with Crippen LogP contribution in [-0.4, -0.2) is 29.5 Å². The zero-order valence-corrected chi connectivity index (χ0v) is 12.7. The van der Waals surface area contributed by atoms with E-state index < -0.39 is 0 Å². The fourth-order valence-electron chi connectivity index (χ4n) is 3.02. The maximum atomic E-state index is 5.49. The molecule has 0 aliphatic carbocycles. The first-order valence-corrected chi connectivity index (χ1v) is 7.55. The highest BCUT2D eigenvalue weighted by Crippen LogP contribution is 2.28. The van der Waals surface area contributed by atoms with Crippen LogP contribution < -0.4 is 5.32 Å². The van der Waals surface area contributed by atoms with Gasteiger partial charge in [-0.2, -0.15) is 5.10 Å². The molecule has 0 spiro atoms. The molecule has 2 heterocycles. The molecule has 1 aliphatic rings. The van der Waals surface area contributed by atoms with E-state index in [1.165, 1.54) is 23.4 Å². The van der Waals surface area contributed by atoms with E-state index in [4.69, 9.17) is 9.84 Å². The monoisotopic (exact) mass is 265 g/mol. The van der Waals surface area contributed by atoms with Gasteiger partial charge in [-0.05, 0) is 39.7 Å². The highest BCUT2D eigenvalue weighted by atomic mass is 16.5. The smallest absolute Gasteiger partial charge is 0.0777 e. The van der Waals surface area contributed by atoms with Crippen LogP contribution in [0.3, 0.4) is 0 Å². The Balaban J connectivity index is 2.24. The van der Waals surface area contributed by atoms with Gasteiger partial charge < -0.3 is 10.1 Å². The molecule has 108 valence electrons. The van der Waals surface area contributed by atoms with Crippen LogP contribution in [0.5, 0.6) is 0 Å². The number of nitrogens with zero attached hydrogens (tertiary/aromatic N) is 2. The summed E-state index contributed by atoms with van der Waals surface area (Å²) in [5.41, 5.74) is 3.87. The van der Waals surface area contributed by atoms with Gasteiger partial charge in [0.15, 0.2) is 0 Å². The van der Waals surface area contributed by atoms with Crippen molar-refractivity contribution in [3.63, 3.8) is 0 Å². The summed E-state index contributed by atoms with van der Waals surface area (Å²) in [7, 11) is 0. The van der Waals surface area contributed by atoms with Crippen molar-refractivity contribution in [1.82, 2.24) is 15.1 Å². The Morgan fingerprint density at radius 1 is 1.42 bits per heavy atom. The van der Waals surface area contributed by atoms with E-state index in [1.54, 1.807) is 0 Å². The van der Waals surface area contributed by atoms with E-state index in [0.717, 1.165) is 32.6 Å². The van der Waals surface area contributed by atoms with Crippen molar-refractivity contribution in [1.29, 1.82) is 0 Å². The molecule has 0 aromatic carbocycles. The van der Waals surface area contributed by atoms with E-state index in [9.17, 15) is 0 Å². The van der Waals surface area contributed by atoms with Crippen molar-refractivity contribution in [2.75, 3.05) is 19.8 Å². The van der Waals surface area contributed by atoms with Crippen molar-refractivity contribution in [2.45, 2.75) is 59.0 Å². The molecule has 1 saturated heterocycles. The number of rotatable bonds is 6. The van der Waals surface area contributed by atoms with Crippen LogP contribution in [-0.2, 0) is 4.74 Å². The molecule has 1 aliphatic heterocycles. The van der Waals surface area contributed by atoms with Gasteiger partial charge in [-0.1, -0.05) is 13.8 Å². The Bertz CT molecular complexity index is 408. The van der Waals surface area contributed by atoms with E-state index in [1.807, 2.05) is 0 Å². The molecule has 4 heteroatoms. The van der Waals surface area contributed by atoms with Gasteiger partial charge >= 0.3 is 0 Å². The van der Waals surface area contributed by atoms with Crippen LogP contribution in [0.1, 0.15) is 62.1 Å². The number of aromatic nitrogens is 2. The summed E-state index contributed by atoms with van der Waals surface area (Å²) in [6, 6.07) is 0.854. The van der Waals surface area contributed by atoms with E-state index in [0.29, 0.717) is 12.1 Å². The second kappa shape index (κ2) is 6.53. The predicted octanol–water partition coefficient (Wildman–Crippen LogP) is 2.91. The average molecular weight is 265 g/mol. The maximum absolute atomic E-state index is 5.49. The molecule has 2 atom stereocenters. The first kappa shape index (κ1) is 14.5. The third-order valence-corrected chi connectivity index (χ3v) is 4.03. The minimum Gasteiger partial charge on any atom is -0.379 e. The van der Waals surface area contributed by atoms with Gasteiger partial charge in [0.1, 0.15) is 0 Å². The second-order valence-corrected chi connectivity index (χ2v) is 5.46. The molecule has 1 aromatic heterocycles. The van der Waals surface area contributed by atoms with Crippen molar-refractivity contribution in [3.8, 4) is 0 Å². The molecule has 0 radical (unpaired) electrons. The number of ether oxygens (including phenoxy) is 1. The van der Waals surface area contributed by atoms with E-state index in [-0.39, 0.29) is 0 Å². The molecule has 0 amide bonds. The first-order valence-electron chi connectivity index (χ1n) is 7.55. The summed E-state index contributed by atoms with van der Waals surface area (Å²) in [4.78, 5) is 0. The lowest BCUT2D eigenvalue weighted by Gasteiger charge is -2.18. The van der Waals surface area contributed by atoms with Crippen LogP contribution >= 0.6 is 0 Å². The maximum Gasteiger partial charge on any atom is 0.0777 e. The zero-order chi connectivity index (χ0) is 13.8. The van der Waals surface area contributed by atoms with Crippen LogP contribution in [0.4, 0.5) is 0 Å². The van der Waals surface area contributed by atoms with Gasteiger partial charge in [-0.25, -0.2) is 0 Å². The minimum absolute atomic E-state index is 0.427. The Morgan fingerprint density at radius 3 is 2.79 bits per heavy atom. The average Bonchev–Trinajstić information content (AvgIpc) is 3.01. The van der Waals surface area contributed by atoms with Gasteiger partial charge in [-0.15, -0.1) is 0 Å². The third kappa shape index (κ3) is 3.00. The molecular formula is C15H27N3O. The normalized spacial score (nSPS) is 20.9. The topological polar surface area (TPSA) is 39.1 Å². The quantitative estimate of drug-likeness (QED) is 0.859. The SMILES string of the molecule is CCCNC(CC)c1c(C)nn(C2CCOC2)c1C. The Kier molecular flexibility index (Phi) is 4.99. The van der Waals surface area contributed by atoms with Gasteiger partial charge in [-0.3, -0.25) is 4.68 Å². The predicted molar refractivity (Wildman–Crippen MR) is 77.5 cm³/mol. The summed E-state index contributed by atoms with van der Waals surface area (Å²) >= 11 is 0. The molecule has 4 nitrogen and oxygen atoms in total. The summed E-state index contributed by atoms with van der Waals surface area (Å²) in [6.07, 6.45) is 3.36. The molecule has 2 unspecified atom stereocenters. The molecule has 0 saturated carbocycles.